The van der Waals surface area contributed by atoms with Gasteiger partial charge in [0.25, 0.3) is 0 Å². The number of nitrogens with two attached hydrogens (primary N) is 1. The number of hydrogen-bond acceptors (Lipinski definition) is 3. The minimum atomic E-state index is 0.631. The molecule has 1 aliphatic rings. The number of nitrogen functional groups attached to an aromatic ring is 1. The maximum absolute atomic E-state index is 5.83. The van der Waals surface area contributed by atoms with Gasteiger partial charge in [-0.3, -0.25) is 0 Å². The molecule has 1 fully saturated rings. The van der Waals surface area contributed by atoms with Crippen molar-refractivity contribution >= 4 is 22.4 Å². The van der Waals surface area contributed by atoms with Crippen molar-refractivity contribution < 1.29 is 0 Å². The predicted molar refractivity (Wildman–Crippen MR) is 90.6 cm³/mol. The normalized spacial score (nSPS) is 22.4. The lowest BCUT2D eigenvalue weighted by molar-refractivity contribution is 0.313. The summed E-state index contributed by atoms with van der Waals surface area (Å²) >= 11 is 0. The van der Waals surface area contributed by atoms with Crippen LogP contribution in [0.25, 0.3) is 10.9 Å². The Hall–Kier alpha value is -1.77. The summed E-state index contributed by atoms with van der Waals surface area (Å²) in [6.07, 6.45) is 6.62. The first-order valence-electron chi connectivity index (χ1n) is 8.06. The van der Waals surface area contributed by atoms with Gasteiger partial charge in [-0.05, 0) is 61.9 Å². The SMILES string of the molecule is CCC1CCC(N(C)c2ccc3cc(N)ccc3n2)CC1. The van der Waals surface area contributed by atoms with Gasteiger partial charge in [0.2, 0.25) is 0 Å². The van der Waals surface area contributed by atoms with E-state index in [1.54, 1.807) is 0 Å². The molecular formula is C18H25N3. The van der Waals surface area contributed by atoms with E-state index >= 15 is 0 Å². The third-order valence-electron chi connectivity index (χ3n) is 5.00. The van der Waals surface area contributed by atoms with Gasteiger partial charge < -0.3 is 10.6 Å². The fraction of sp³-hybridized carbons (Fsp3) is 0.500. The molecular weight excluding hydrogens is 258 g/mol. The monoisotopic (exact) mass is 283 g/mol. The van der Waals surface area contributed by atoms with Crippen LogP contribution in [0.1, 0.15) is 39.0 Å². The molecule has 3 rings (SSSR count). The van der Waals surface area contributed by atoms with Gasteiger partial charge in [-0.25, -0.2) is 4.98 Å². The van der Waals surface area contributed by atoms with Crippen molar-refractivity contribution in [3.05, 3.63) is 30.3 Å². The van der Waals surface area contributed by atoms with Crippen LogP contribution in [0.5, 0.6) is 0 Å². The van der Waals surface area contributed by atoms with Crippen LogP contribution in [0.2, 0.25) is 0 Å². The van der Waals surface area contributed by atoms with Crippen molar-refractivity contribution in [3.8, 4) is 0 Å². The summed E-state index contributed by atoms with van der Waals surface area (Å²) in [4.78, 5) is 7.16. The highest BCUT2D eigenvalue weighted by molar-refractivity contribution is 5.83. The van der Waals surface area contributed by atoms with E-state index in [9.17, 15) is 0 Å². The Morgan fingerprint density at radius 1 is 1.14 bits per heavy atom. The molecule has 2 aromatic rings. The number of benzene rings is 1. The van der Waals surface area contributed by atoms with Crippen LogP contribution in [0, 0.1) is 5.92 Å². The molecule has 3 heteroatoms. The summed E-state index contributed by atoms with van der Waals surface area (Å²) in [5.74, 6) is 2.01. The molecule has 0 radical (unpaired) electrons. The summed E-state index contributed by atoms with van der Waals surface area (Å²) < 4.78 is 0. The first-order chi connectivity index (χ1) is 10.2. The van der Waals surface area contributed by atoms with E-state index in [1.807, 2.05) is 18.2 Å². The van der Waals surface area contributed by atoms with E-state index in [0.717, 1.165) is 28.3 Å². The molecule has 21 heavy (non-hydrogen) atoms. The number of aromatic nitrogens is 1. The Bertz CT molecular complexity index is 615. The molecule has 1 aromatic heterocycles. The van der Waals surface area contributed by atoms with Crippen LogP contribution in [0.15, 0.2) is 30.3 Å². The molecule has 0 spiro atoms. The Labute approximate surface area is 127 Å². The van der Waals surface area contributed by atoms with Gasteiger partial charge in [-0.15, -0.1) is 0 Å². The summed E-state index contributed by atoms with van der Waals surface area (Å²) in [5, 5.41) is 1.11. The van der Waals surface area contributed by atoms with Gasteiger partial charge in [-0.1, -0.05) is 13.3 Å². The zero-order chi connectivity index (χ0) is 14.8. The average Bonchev–Trinajstić information content (AvgIpc) is 2.53. The Morgan fingerprint density at radius 3 is 2.62 bits per heavy atom. The topological polar surface area (TPSA) is 42.1 Å². The molecule has 1 saturated carbocycles. The van der Waals surface area contributed by atoms with Crippen LogP contribution >= 0.6 is 0 Å². The second-order valence-electron chi connectivity index (χ2n) is 6.32. The second-order valence-corrected chi connectivity index (χ2v) is 6.32. The highest BCUT2D eigenvalue weighted by Gasteiger charge is 2.23. The van der Waals surface area contributed by atoms with Gasteiger partial charge in [0, 0.05) is 24.2 Å². The first kappa shape index (κ1) is 14.2. The number of rotatable bonds is 3. The third kappa shape index (κ3) is 2.97. The van der Waals surface area contributed by atoms with Crippen molar-refractivity contribution in [2.45, 2.75) is 45.1 Å². The quantitative estimate of drug-likeness (QED) is 0.857. The number of fused-ring (bicyclic) bond motifs is 1. The first-order valence-corrected chi connectivity index (χ1v) is 8.06. The van der Waals surface area contributed by atoms with Gasteiger partial charge in [0.05, 0.1) is 5.52 Å². The third-order valence-corrected chi connectivity index (χ3v) is 5.00. The minimum absolute atomic E-state index is 0.631. The maximum Gasteiger partial charge on any atom is 0.129 e. The van der Waals surface area contributed by atoms with Gasteiger partial charge in [0.1, 0.15) is 5.82 Å². The lowest BCUT2D eigenvalue weighted by atomic mass is 9.84. The van der Waals surface area contributed by atoms with Crippen LogP contribution in [0.4, 0.5) is 11.5 Å². The Balaban J connectivity index is 1.78. The number of hydrogen-bond donors (Lipinski definition) is 1. The predicted octanol–water partition coefficient (Wildman–Crippen LogP) is 4.22. The van der Waals surface area contributed by atoms with Crippen LogP contribution in [-0.2, 0) is 0 Å². The summed E-state index contributed by atoms with van der Waals surface area (Å²) in [5.41, 5.74) is 7.65. The molecule has 3 nitrogen and oxygen atoms in total. The van der Waals surface area contributed by atoms with Gasteiger partial charge in [-0.2, -0.15) is 0 Å². The van der Waals surface area contributed by atoms with E-state index in [-0.39, 0.29) is 0 Å². The molecule has 0 unspecified atom stereocenters. The molecule has 0 amide bonds. The van der Waals surface area contributed by atoms with E-state index in [4.69, 9.17) is 10.7 Å². The largest absolute Gasteiger partial charge is 0.399 e. The Morgan fingerprint density at radius 2 is 1.90 bits per heavy atom. The maximum atomic E-state index is 5.83. The molecule has 0 saturated heterocycles. The lowest BCUT2D eigenvalue weighted by Gasteiger charge is -2.35. The van der Waals surface area contributed by atoms with E-state index in [1.165, 1.54) is 32.1 Å². The highest BCUT2D eigenvalue weighted by atomic mass is 15.2. The van der Waals surface area contributed by atoms with Crippen molar-refractivity contribution in [2.75, 3.05) is 17.7 Å². The molecule has 1 heterocycles. The van der Waals surface area contributed by atoms with Crippen molar-refractivity contribution in [1.29, 1.82) is 0 Å². The summed E-state index contributed by atoms with van der Waals surface area (Å²) in [6, 6.07) is 10.8. The number of nitrogens with zero attached hydrogens (tertiary/aromatic N) is 2. The zero-order valence-corrected chi connectivity index (χ0v) is 13.0. The summed E-state index contributed by atoms with van der Waals surface area (Å²) in [6.45, 7) is 2.31. The van der Waals surface area contributed by atoms with Crippen molar-refractivity contribution in [2.24, 2.45) is 5.92 Å². The molecule has 112 valence electrons. The van der Waals surface area contributed by atoms with E-state index in [2.05, 4.69) is 31.0 Å². The van der Waals surface area contributed by atoms with E-state index < -0.39 is 0 Å². The van der Waals surface area contributed by atoms with Gasteiger partial charge >= 0.3 is 0 Å². The molecule has 2 N–H and O–H groups in total. The molecule has 1 aromatic carbocycles. The minimum Gasteiger partial charge on any atom is -0.399 e. The number of anilines is 2. The number of pyridine rings is 1. The summed E-state index contributed by atoms with van der Waals surface area (Å²) in [7, 11) is 2.18. The van der Waals surface area contributed by atoms with Crippen LogP contribution in [0.3, 0.4) is 0 Å². The van der Waals surface area contributed by atoms with Crippen molar-refractivity contribution in [3.63, 3.8) is 0 Å². The van der Waals surface area contributed by atoms with Crippen molar-refractivity contribution in [1.82, 2.24) is 4.98 Å². The van der Waals surface area contributed by atoms with Gasteiger partial charge in [0.15, 0.2) is 0 Å². The highest BCUT2D eigenvalue weighted by Crippen LogP contribution is 2.31. The zero-order valence-electron chi connectivity index (χ0n) is 13.0. The molecule has 0 bridgehead atoms. The average molecular weight is 283 g/mol. The second kappa shape index (κ2) is 5.92. The molecule has 1 aliphatic carbocycles. The van der Waals surface area contributed by atoms with Crippen LogP contribution in [-0.4, -0.2) is 18.1 Å². The fourth-order valence-corrected chi connectivity index (χ4v) is 3.46. The fourth-order valence-electron chi connectivity index (χ4n) is 3.46. The van der Waals surface area contributed by atoms with E-state index in [0.29, 0.717) is 6.04 Å². The molecule has 0 aliphatic heterocycles. The molecule has 0 atom stereocenters. The Kier molecular flexibility index (Phi) is 4.00. The standard InChI is InChI=1S/C18H25N3/c1-3-13-4-8-16(9-5-13)21(2)18-11-6-14-12-15(19)7-10-17(14)20-18/h6-7,10-13,16H,3-5,8-9,19H2,1-2H3. The van der Waals surface area contributed by atoms with Crippen LogP contribution < -0.4 is 10.6 Å². The lowest BCUT2D eigenvalue weighted by Crippen LogP contribution is -2.35. The smallest absolute Gasteiger partial charge is 0.129 e.